The molecule has 0 aromatic carbocycles. The number of hydrogen-bond donors (Lipinski definition) is 1. The summed E-state index contributed by atoms with van der Waals surface area (Å²) in [6.45, 7) is 11.5. The van der Waals surface area contributed by atoms with Crippen molar-refractivity contribution in [2.45, 2.75) is 71.4 Å². The van der Waals surface area contributed by atoms with Gasteiger partial charge in [-0.25, -0.2) is 0 Å². The maximum absolute atomic E-state index is 3.71. The van der Waals surface area contributed by atoms with Gasteiger partial charge in [-0.1, -0.05) is 26.7 Å². The number of nitrogens with zero attached hydrogens (tertiary/aromatic N) is 1. The average molecular weight is 240 g/mol. The maximum atomic E-state index is 3.71. The molecule has 0 saturated heterocycles. The molecule has 102 valence electrons. The lowest BCUT2D eigenvalue weighted by Gasteiger charge is -2.39. The lowest BCUT2D eigenvalue weighted by atomic mass is 9.94. The van der Waals surface area contributed by atoms with E-state index in [4.69, 9.17) is 0 Å². The fraction of sp³-hybridized carbons (Fsp3) is 1.00. The predicted molar refractivity (Wildman–Crippen MR) is 76.4 cm³/mol. The Kier molecular flexibility index (Phi) is 5.94. The monoisotopic (exact) mass is 240 g/mol. The molecule has 0 aromatic heterocycles. The first kappa shape index (κ1) is 15.0. The molecule has 2 nitrogen and oxygen atoms in total. The first-order valence-corrected chi connectivity index (χ1v) is 7.46. The summed E-state index contributed by atoms with van der Waals surface area (Å²) in [5.41, 5.74) is 0.326. The highest BCUT2D eigenvalue weighted by molar-refractivity contribution is 4.86. The summed E-state index contributed by atoms with van der Waals surface area (Å²) in [5, 5.41) is 3.71. The van der Waals surface area contributed by atoms with Crippen LogP contribution in [0.2, 0.25) is 0 Å². The van der Waals surface area contributed by atoms with Gasteiger partial charge >= 0.3 is 0 Å². The molecule has 0 aliphatic heterocycles. The van der Waals surface area contributed by atoms with Crippen molar-refractivity contribution in [3.63, 3.8) is 0 Å². The molecule has 1 rings (SSSR count). The number of hydrogen-bond acceptors (Lipinski definition) is 2. The molecule has 0 bridgehead atoms. The van der Waals surface area contributed by atoms with E-state index in [1.807, 2.05) is 0 Å². The molecule has 2 heteroatoms. The van der Waals surface area contributed by atoms with Crippen molar-refractivity contribution in [1.29, 1.82) is 0 Å². The average Bonchev–Trinajstić information content (AvgIpc) is 2.81. The summed E-state index contributed by atoms with van der Waals surface area (Å²) in [6.07, 6.45) is 6.95. The van der Waals surface area contributed by atoms with E-state index in [9.17, 15) is 0 Å². The first-order valence-electron chi connectivity index (χ1n) is 7.46. The van der Waals surface area contributed by atoms with Gasteiger partial charge in [-0.15, -0.1) is 0 Å². The minimum Gasteiger partial charge on any atom is -0.313 e. The number of rotatable bonds is 7. The molecule has 1 fully saturated rings. The van der Waals surface area contributed by atoms with Crippen molar-refractivity contribution in [3.05, 3.63) is 0 Å². The molecule has 1 N–H and O–H groups in total. The third kappa shape index (κ3) is 4.26. The highest BCUT2D eigenvalue weighted by Gasteiger charge is 2.29. The Labute approximate surface area is 108 Å². The normalized spacial score (nSPS) is 20.1. The summed E-state index contributed by atoms with van der Waals surface area (Å²) in [7, 11) is 2.28. The molecular weight excluding hydrogens is 208 g/mol. The van der Waals surface area contributed by atoms with Crippen LogP contribution in [-0.4, -0.2) is 36.6 Å². The van der Waals surface area contributed by atoms with Crippen LogP contribution in [0, 0.1) is 5.92 Å². The third-order valence-electron chi connectivity index (χ3n) is 4.80. The van der Waals surface area contributed by atoms with Crippen molar-refractivity contribution in [1.82, 2.24) is 10.2 Å². The van der Waals surface area contributed by atoms with Crippen molar-refractivity contribution in [3.8, 4) is 0 Å². The molecule has 1 aliphatic carbocycles. The molecule has 0 spiro atoms. The second kappa shape index (κ2) is 6.75. The largest absolute Gasteiger partial charge is 0.313 e. The zero-order valence-electron chi connectivity index (χ0n) is 12.6. The Hall–Kier alpha value is -0.0800. The fourth-order valence-electron chi connectivity index (χ4n) is 2.81. The van der Waals surface area contributed by atoms with Gasteiger partial charge in [0.1, 0.15) is 0 Å². The Morgan fingerprint density at radius 1 is 1.24 bits per heavy atom. The SMILES string of the molecule is CCNC(CN(C)C(C)(C)CC)C1CCCC1. The Morgan fingerprint density at radius 3 is 2.29 bits per heavy atom. The summed E-state index contributed by atoms with van der Waals surface area (Å²) in [4.78, 5) is 2.54. The number of likely N-dealkylation sites (N-methyl/N-ethyl adjacent to an activating group) is 2. The molecule has 0 heterocycles. The molecule has 0 aromatic rings. The van der Waals surface area contributed by atoms with Crippen LogP contribution in [0.15, 0.2) is 0 Å². The summed E-state index contributed by atoms with van der Waals surface area (Å²) in [6, 6.07) is 0.693. The van der Waals surface area contributed by atoms with Crippen LogP contribution in [-0.2, 0) is 0 Å². The Balaban J connectivity index is 2.53. The minimum atomic E-state index is 0.326. The molecule has 1 aliphatic rings. The van der Waals surface area contributed by atoms with Crippen LogP contribution in [0.25, 0.3) is 0 Å². The second-order valence-corrected chi connectivity index (χ2v) is 6.26. The van der Waals surface area contributed by atoms with E-state index in [1.54, 1.807) is 0 Å². The van der Waals surface area contributed by atoms with E-state index >= 15 is 0 Å². The number of nitrogens with one attached hydrogen (secondary N) is 1. The van der Waals surface area contributed by atoms with Gasteiger partial charge in [0.2, 0.25) is 0 Å². The zero-order chi connectivity index (χ0) is 12.9. The molecular formula is C15H32N2. The van der Waals surface area contributed by atoms with Gasteiger partial charge in [-0.05, 0) is 52.6 Å². The predicted octanol–water partition coefficient (Wildman–Crippen LogP) is 3.28. The summed E-state index contributed by atoms with van der Waals surface area (Å²) >= 11 is 0. The van der Waals surface area contributed by atoms with E-state index in [-0.39, 0.29) is 0 Å². The van der Waals surface area contributed by atoms with Gasteiger partial charge in [0.25, 0.3) is 0 Å². The second-order valence-electron chi connectivity index (χ2n) is 6.26. The quantitative estimate of drug-likeness (QED) is 0.735. The van der Waals surface area contributed by atoms with Crippen molar-refractivity contribution < 1.29 is 0 Å². The van der Waals surface area contributed by atoms with Gasteiger partial charge in [0.15, 0.2) is 0 Å². The topological polar surface area (TPSA) is 15.3 Å². The Morgan fingerprint density at radius 2 is 1.82 bits per heavy atom. The standard InChI is InChI=1S/C15H32N2/c1-6-15(3,4)17(5)12-14(16-7-2)13-10-8-9-11-13/h13-14,16H,6-12H2,1-5H3. The smallest absolute Gasteiger partial charge is 0.0223 e. The molecule has 0 amide bonds. The molecule has 17 heavy (non-hydrogen) atoms. The van der Waals surface area contributed by atoms with E-state index < -0.39 is 0 Å². The van der Waals surface area contributed by atoms with Gasteiger partial charge in [-0.2, -0.15) is 0 Å². The highest BCUT2D eigenvalue weighted by Crippen LogP contribution is 2.29. The van der Waals surface area contributed by atoms with E-state index in [1.165, 1.54) is 38.6 Å². The lowest BCUT2D eigenvalue weighted by Crippen LogP contribution is -2.50. The van der Waals surface area contributed by atoms with Gasteiger partial charge < -0.3 is 5.32 Å². The van der Waals surface area contributed by atoms with Crippen molar-refractivity contribution in [2.75, 3.05) is 20.1 Å². The van der Waals surface area contributed by atoms with Crippen LogP contribution in [0.4, 0.5) is 0 Å². The maximum Gasteiger partial charge on any atom is 0.0223 e. The Bertz CT molecular complexity index is 207. The van der Waals surface area contributed by atoms with Gasteiger partial charge in [-0.3, -0.25) is 4.90 Å². The molecule has 1 saturated carbocycles. The van der Waals surface area contributed by atoms with Crippen LogP contribution in [0.1, 0.15) is 59.8 Å². The molecule has 1 atom stereocenters. The lowest BCUT2D eigenvalue weighted by molar-refractivity contribution is 0.122. The molecule has 1 unspecified atom stereocenters. The van der Waals surface area contributed by atoms with Crippen LogP contribution in [0.3, 0.4) is 0 Å². The first-order chi connectivity index (χ1) is 8.01. The van der Waals surface area contributed by atoms with E-state index in [0.717, 1.165) is 12.5 Å². The summed E-state index contributed by atoms with van der Waals surface area (Å²) in [5.74, 6) is 0.907. The van der Waals surface area contributed by atoms with Gasteiger partial charge in [0.05, 0.1) is 0 Å². The zero-order valence-corrected chi connectivity index (χ0v) is 12.6. The van der Waals surface area contributed by atoms with Gasteiger partial charge in [0, 0.05) is 18.1 Å². The van der Waals surface area contributed by atoms with Crippen molar-refractivity contribution in [2.24, 2.45) is 5.92 Å². The van der Waals surface area contributed by atoms with E-state index in [2.05, 4.69) is 45.0 Å². The third-order valence-corrected chi connectivity index (χ3v) is 4.80. The van der Waals surface area contributed by atoms with E-state index in [0.29, 0.717) is 11.6 Å². The molecule has 0 radical (unpaired) electrons. The van der Waals surface area contributed by atoms with Crippen LogP contribution < -0.4 is 5.32 Å². The van der Waals surface area contributed by atoms with Crippen LogP contribution >= 0.6 is 0 Å². The fourth-order valence-corrected chi connectivity index (χ4v) is 2.81. The summed E-state index contributed by atoms with van der Waals surface area (Å²) < 4.78 is 0. The van der Waals surface area contributed by atoms with Crippen molar-refractivity contribution >= 4 is 0 Å². The minimum absolute atomic E-state index is 0.326. The highest BCUT2D eigenvalue weighted by atomic mass is 15.2. The van der Waals surface area contributed by atoms with Crippen LogP contribution in [0.5, 0.6) is 0 Å².